The highest BCUT2D eigenvalue weighted by atomic mass is 16.6. The molecule has 0 aliphatic heterocycles. The van der Waals surface area contributed by atoms with Gasteiger partial charge in [0, 0.05) is 17.7 Å². The number of nitro groups is 1. The van der Waals surface area contributed by atoms with E-state index in [9.17, 15) is 14.9 Å². The Morgan fingerprint density at radius 3 is 2.60 bits per heavy atom. The summed E-state index contributed by atoms with van der Waals surface area (Å²) < 4.78 is 10.4. The fourth-order valence-corrected chi connectivity index (χ4v) is 2.27. The van der Waals surface area contributed by atoms with E-state index in [4.69, 9.17) is 9.47 Å². The Balaban J connectivity index is 2.20. The monoisotopic (exact) mass is 342 g/mol. The third-order valence-electron chi connectivity index (χ3n) is 3.61. The first-order chi connectivity index (χ1) is 12.0. The van der Waals surface area contributed by atoms with Crippen LogP contribution >= 0.6 is 0 Å². The van der Waals surface area contributed by atoms with Crippen LogP contribution < -0.4 is 14.8 Å². The predicted molar refractivity (Wildman–Crippen MR) is 95.0 cm³/mol. The highest BCUT2D eigenvalue weighted by Gasteiger charge is 2.14. The lowest BCUT2D eigenvalue weighted by Gasteiger charge is -2.08. The molecule has 0 saturated carbocycles. The summed E-state index contributed by atoms with van der Waals surface area (Å²) in [4.78, 5) is 22.6. The standard InChI is InChI=1S/C18H18N2O5/c1-12-15(5-4-6-16(12)20(22)23)19-18(21)10-7-13-11-14(24-2)8-9-17(13)25-3/h4-11H,1-3H3,(H,19,21)/b10-7+. The molecule has 0 unspecified atom stereocenters. The lowest BCUT2D eigenvalue weighted by molar-refractivity contribution is -0.385. The molecule has 0 radical (unpaired) electrons. The molecule has 0 spiro atoms. The van der Waals surface area contributed by atoms with Gasteiger partial charge in [0.05, 0.1) is 30.4 Å². The zero-order chi connectivity index (χ0) is 18.4. The van der Waals surface area contributed by atoms with Gasteiger partial charge in [-0.3, -0.25) is 14.9 Å². The molecule has 2 rings (SSSR count). The van der Waals surface area contributed by atoms with E-state index in [2.05, 4.69) is 5.32 Å². The molecule has 0 heterocycles. The molecule has 1 amide bonds. The molecule has 0 aliphatic rings. The summed E-state index contributed by atoms with van der Waals surface area (Å²) in [6, 6.07) is 9.75. The second kappa shape index (κ2) is 7.96. The van der Waals surface area contributed by atoms with Crippen molar-refractivity contribution in [1.82, 2.24) is 0 Å². The summed E-state index contributed by atoms with van der Waals surface area (Å²) in [5.74, 6) is 0.820. The maximum atomic E-state index is 12.1. The van der Waals surface area contributed by atoms with E-state index in [-0.39, 0.29) is 5.69 Å². The van der Waals surface area contributed by atoms with Crippen molar-refractivity contribution < 1.29 is 19.2 Å². The third kappa shape index (κ3) is 4.35. The number of hydrogen-bond acceptors (Lipinski definition) is 5. The molecule has 0 aromatic heterocycles. The molecule has 0 atom stereocenters. The SMILES string of the molecule is COc1ccc(OC)c(/C=C/C(=O)Nc2cccc([N+](=O)[O-])c2C)c1. The van der Waals surface area contributed by atoms with E-state index >= 15 is 0 Å². The van der Waals surface area contributed by atoms with E-state index in [1.165, 1.54) is 25.3 Å². The van der Waals surface area contributed by atoms with Gasteiger partial charge in [-0.25, -0.2) is 0 Å². The zero-order valence-electron chi connectivity index (χ0n) is 14.1. The van der Waals surface area contributed by atoms with E-state index in [0.29, 0.717) is 28.3 Å². The average molecular weight is 342 g/mol. The number of nitrogens with zero attached hydrogens (tertiary/aromatic N) is 1. The van der Waals surface area contributed by atoms with Gasteiger partial charge in [-0.1, -0.05) is 6.07 Å². The summed E-state index contributed by atoms with van der Waals surface area (Å²) in [7, 11) is 3.08. The number of rotatable bonds is 6. The van der Waals surface area contributed by atoms with Gasteiger partial charge in [0.1, 0.15) is 11.5 Å². The summed E-state index contributed by atoms with van der Waals surface area (Å²) in [6.45, 7) is 1.59. The fraction of sp³-hybridized carbons (Fsp3) is 0.167. The van der Waals surface area contributed by atoms with Crippen LogP contribution in [0.1, 0.15) is 11.1 Å². The number of amides is 1. The second-order valence-corrected chi connectivity index (χ2v) is 5.14. The third-order valence-corrected chi connectivity index (χ3v) is 3.61. The van der Waals surface area contributed by atoms with Crippen LogP contribution in [-0.2, 0) is 4.79 Å². The van der Waals surface area contributed by atoms with E-state index in [1.54, 1.807) is 44.4 Å². The molecule has 0 bridgehead atoms. The van der Waals surface area contributed by atoms with Crippen molar-refractivity contribution in [3.8, 4) is 11.5 Å². The quantitative estimate of drug-likeness (QED) is 0.492. The Labute approximate surface area is 145 Å². The molecule has 2 aromatic rings. The summed E-state index contributed by atoms with van der Waals surface area (Å²) in [5, 5.41) is 13.6. The normalized spacial score (nSPS) is 10.5. The Kier molecular flexibility index (Phi) is 5.73. The topological polar surface area (TPSA) is 90.7 Å². The van der Waals surface area contributed by atoms with Crippen LogP contribution in [0, 0.1) is 17.0 Å². The minimum absolute atomic E-state index is 0.0451. The van der Waals surface area contributed by atoms with Crippen LogP contribution in [0.25, 0.3) is 6.08 Å². The number of ether oxygens (including phenoxy) is 2. The first-order valence-electron chi connectivity index (χ1n) is 7.41. The van der Waals surface area contributed by atoms with Crippen molar-refractivity contribution in [2.75, 3.05) is 19.5 Å². The first-order valence-corrected chi connectivity index (χ1v) is 7.41. The van der Waals surface area contributed by atoms with Gasteiger partial charge in [-0.2, -0.15) is 0 Å². The molecular formula is C18H18N2O5. The average Bonchev–Trinajstić information content (AvgIpc) is 2.61. The maximum absolute atomic E-state index is 12.1. The lowest BCUT2D eigenvalue weighted by Crippen LogP contribution is -2.09. The number of nitrogens with one attached hydrogen (secondary N) is 1. The molecule has 25 heavy (non-hydrogen) atoms. The van der Waals surface area contributed by atoms with Crippen molar-refractivity contribution in [2.24, 2.45) is 0 Å². The number of carbonyl (C=O) groups is 1. The zero-order valence-corrected chi connectivity index (χ0v) is 14.1. The van der Waals surface area contributed by atoms with Crippen LogP contribution in [-0.4, -0.2) is 25.1 Å². The Morgan fingerprint density at radius 1 is 1.20 bits per heavy atom. The smallest absolute Gasteiger partial charge is 0.274 e. The van der Waals surface area contributed by atoms with Gasteiger partial charge in [0.25, 0.3) is 5.69 Å². The van der Waals surface area contributed by atoms with Gasteiger partial charge in [0.2, 0.25) is 5.91 Å². The highest BCUT2D eigenvalue weighted by molar-refractivity contribution is 6.02. The van der Waals surface area contributed by atoms with Crippen molar-refractivity contribution >= 4 is 23.4 Å². The Bertz CT molecular complexity index is 830. The minimum atomic E-state index is -0.484. The van der Waals surface area contributed by atoms with Crippen molar-refractivity contribution in [3.63, 3.8) is 0 Å². The van der Waals surface area contributed by atoms with Crippen LogP contribution in [0.4, 0.5) is 11.4 Å². The largest absolute Gasteiger partial charge is 0.497 e. The summed E-state index contributed by atoms with van der Waals surface area (Å²) >= 11 is 0. The highest BCUT2D eigenvalue weighted by Crippen LogP contribution is 2.26. The predicted octanol–water partition coefficient (Wildman–Crippen LogP) is 3.57. The first kappa shape index (κ1) is 18.0. The Morgan fingerprint density at radius 2 is 1.96 bits per heavy atom. The molecule has 7 heteroatoms. The van der Waals surface area contributed by atoms with Crippen LogP contribution in [0.15, 0.2) is 42.5 Å². The van der Waals surface area contributed by atoms with Gasteiger partial charge < -0.3 is 14.8 Å². The molecule has 0 saturated heterocycles. The molecule has 0 aliphatic carbocycles. The fourth-order valence-electron chi connectivity index (χ4n) is 2.27. The summed E-state index contributed by atoms with van der Waals surface area (Å²) in [6.07, 6.45) is 2.92. The van der Waals surface area contributed by atoms with Crippen molar-refractivity contribution in [2.45, 2.75) is 6.92 Å². The van der Waals surface area contributed by atoms with Gasteiger partial charge >= 0.3 is 0 Å². The van der Waals surface area contributed by atoms with Gasteiger partial charge in [0.15, 0.2) is 0 Å². The molecular weight excluding hydrogens is 324 g/mol. The lowest BCUT2D eigenvalue weighted by atomic mass is 10.1. The van der Waals surface area contributed by atoms with Gasteiger partial charge in [-0.15, -0.1) is 0 Å². The van der Waals surface area contributed by atoms with Crippen LogP contribution in [0.3, 0.4) is 0 Å². The van der Waals surface area contributed by atoms with E-state index in [0.717, 1.165) is 0 Å². The van der Waals surface area contributed by atoms with E-state index < -0.39 is 10.8 Å². The molecule has 0 fully saturated rings. The number of hydrogen-bond donors (Lipinski definition) is 1. The summed E-state index contributed by atoms with van der Waals surface area (Å²) in [5.41, 5.74) is 1.42. The molecule has 2 aromatic carbocycles. The number of nitro benzene ring substituents is 1. The van der Waals surface area contributed by atoms with Gasteiger partial charge in [-0.05, 0) is 37.3 Å². The number of methoxy groups -OCH3 is 2. The molecule has 1 N–H and O–H groups in total. The van der Waals surface area contributed by atoms with Crippen molar-refractivity contribution in [3.05, 3.63) is 63.7 Å². The van der Waals surface area contributed by atoms with Crippen molar-refractivity contribution in [1.29, 1.82) is 0 Å². The maximum Gasteiger partial charge on any atom is 0.274 e. The minimum Gasteiger partial charge on any atom is -0.497 e. The second-order valence-electron chi connectivity index (χ2n) is 5.14. The van der Waals surface area contributed by atoms with Crippen LogP contribution in [0.2, 0.25) is 0 Å². The number of carbonyl (C=O) groups excluding carboxylic acids is 1. The number of benzene rings is 2. The van der Waals surface area contributed by atoms with Crippen LogP contribution in [0.5, 0.6) is 11.5 Å². The van der Waals surface area contributed by atoms with E-state index in [1.807, 2.05) is 0 Å². The Hall–Kier alpha value is -3.35. The molecule has 7 nitrogen and oxygen atoms in total. The number of anilines is 1. The molecule has 130 valence electrons.